The fraction of sp³-hybridized carbons (Fsp3) is 0.263. The zero-order chi connectivity index (χ0) is 18.8. The highest BCUT2D eigenvalue weighted by Crippen LogP contribution is 2.17. The van der Waals surface area contributed by atoms with Crippen molar-refractivity contribution in [1.82, 2.24) is 0 Å². The van der Waals surface area contributed by atoms with E-state index >= 15 is 0 Å². The molecule has 0 saturated heterocycles. The number of amides is 2. The van der Waals surface area contributed by atoms with E-state index in [0.29, 0.717) is 36.8 Å². The van der Waals surface area contributed by atoms with Crippen LogP contribution in [0.5, 0.6) is 5.75 Å². The lowest BCUT2D eigenvalue weighted by atomic mass is 10.2. The molecule has 0 fully saturated rings. The van der Waals surface area contributed by atoms with Gasteiger partial charge in [-0.05, 0) is 37.3 Å². The number of hydrogen-bond donors (Lipinski definition) is 3. The average molecular weight is 357 g/mol. The van der Waals surface area contributed by atoms with Crippen molar-refractivity contribution in [3.8, 4) is 5.75 Å². The fourth-order valence-corrected chi connectivity index (χ4v) is 2.20. The Morgan fingerprint density at radius 1 is 1.04 bits per heavy atom. The Balaban J connectivity index is 1.83. The number of benzene rings is 2. The third-order valence-electron chi connectivity index (χ3n) is 3.42. The largest absolute Gasteiger partial charge is 0.491 e. The van der Waals surface area contributed by atoms with Crippen molar-refractivity contribution >= 4 is 23.2 Å². The lowest BCUT2D eigenvalue weighted by Gasteiger charge is -2.10. The molecule has 7 heteroatoms. The molecule has 7 nitrogen and oxygen atoms in total. The Hall–Kier alpha value is -3.06. The Labute approximate surface area is 152 Å². The molecule has 0 aliphatic rings. The summed E-state index contributed by atoms with van der Waals surface area (Å²) in [7, 11) is 0. The fourth-order valence-electron chi connectivity index (χ4n) is 2.20. The van der Waals surface area contributed by atoms with E-state index in [1.807, 2.05) is 31.2 Å². The van der Waals surface area contributed by atoms with Gasteiger partial charge in [0.05, 0.1) is 13.2 Å². The lowest BCUT2D eigenvalue weighted by molar-refractivity contribution is -0.114. The van der Waals surface area contributed by atoms with E-state index in [2.05, 4.69) is 10.6 Å². The van der Waals surface area contributed by atoms with E-state index in [0.717, 1.165) is 5.69 Å². The smallest absolute Gasteiger partial charge is 0.248 e. The molecule has 138 valence electrons. The van der Waals surface area contributed by atoms with Crippen molar-refractivity contribution in [1.29, 1.82) is 0 Å². The predicted octanol–water partition coefficient (Wildman–Crippen LogP) is 2.25. The number of hydrogen-bond acceptors (Lipinski definition) is 5. The first-order valence-electron chi connectivity index (χ1n) is 8.32. The van der Waals surface area contributed by atoms with Gasteiger partial charge in [-0.15, -0.1) is 0 Å². The summed E-state index contributed by atoms with van der Waals surface area (Å²) < 4.78 is 10.8. The summed E-state index contributed by atoms with van der Waals surface area (Å²) >= 11 is 0. The standard InChI is InChI=1S/C19H23N3O4/c1-2-25-9-10-26-17-8-4-6-15(12-17)21-13-18(23)22-16-7-3-5-14(11-16)19(20)24/h3-8,11-12,21H,2,9-10,13H2,1H3,(H2,20,24)(H,22,23). The van der Waals surface area contributed by atoms with Crippen molar-refractivity contribution in [2.75, 3.05) is 37.0 Å². The molecule has 0 spiro atoms. The van der Waals surface area contributed by atoms with E-state index in [4.69, 9.17) is 15.2 Å². The molecular formula is C19H23N3O4. The minimum Gasteiger partial charge on any atom is -0.491 e. The predicted molar refractivity (Wildman–Crippen MR) is 101 cm³/mol. The van der Waals surface area contributed by atoms with E-state index in [1.165, 1.54) is 6.07 Å². The molecule has 0 atom stereocenters. The summed E-state index contributed by atoms with van der Waals surface area (Å²) in [6.45, 7) is 3.65. The van der Waals surface area contributed by atoms with Gasteiger partial charge in [-0.1, -0.05) is 12.1 Å². The van der Waals surface area contributed by atoms with E-state index in [-0.39, 0.29) is 12.5 Å². The zero-order valence-electron chi connectivity index (χ0n) is 14.7. The normalized spacial score (nSPS) is 10.2. The summed E-state index contributed by atoms with van der Waals surface area (Å²) in [4.78, 5) is 23.2. The molecule has 2 rings (SSSR count). The number of primary amides is 1. The Bertz CT molecular complexity index is 749. The molecule has 0 aliphatic carbocycles. The van der Waals surface area contributed by atoms with Crippen LogP contribution in [0.15, 0.2) is 48.5 Å². The van der Waals surface area contributed by atoms with Crippen LogP contribution in [-0.2, 0) is 9.53 Å². The first-order valence-corrected chi connectivity index (χ1v) is 8.32. The highest BCUT2D eigenvalue weighted by molar-refractivity contribution is 5.97. The molecule has 2 aromatic carbocycles. The highest BCUT2D eigenvalue weighted by atomic mass is 16.5. The Kier molecular flexibility index (Phi) is 7.45. The zero-order valence-corrected chi connectivity index (χ0v) is 14.7. The molecule has 2 amide bonds. The maximum atomic E-state index is 12.1. The van der Waals surface area contributed by atoms with Crippen molar-refractivity contribution in [2.24, 2.45) is 5.73 Å². The number of rotatable bonds is 10. The summed E-state index contributed by atoms with van der Waals surface area (Å²) in [6, 6.07) is 13.8. The van der Waals surface area contributed by atoms with Crippen molar-refractivity contribution < 1.29 is 19.1 Å². The number of nitrogens with one attached hydrogen (secondary N) is 2. The average Bonchev–Trinajstić information content (AvgIpc) is 2.64. The lowest BCUT2D eigenvalue weighted by Crippen LogP contribution is -2.22. The number of nitrogens with two attached hydrogens (primary N) is 1. The summed E-state index contributed by atoms with van der Waals surface area (Å²) in [6.07, 6.45) is 0. The van der Waals surface area contributed by atoms with Crippen LogP contribution in [0.1, 0.15) is 17.3 Å². The van der Waals surface area contributed by atoms with Gasteiger partial charge in [0, 0.05) is 29.6 Å². The number of carbonyl (C=O) groups excluding carboxylic acids is 2. The maximum Gasteiger partial charge on any atom is 0.248 e. The topological polar surface area (TPSA) is 103 Å². The monoisotopic (exact) mass is 357 g/mol. The van der Waals surface area contributed by atoms with Crippen molar-refractivity contribution in [3.63, 3.8) is 0 Å². The van der Waals surface area contributed by atoms with Gasteiger partial charge in [-0.25, -0.2) is 0 Å². The molecule has 26 heavy (non-hydrogen) atoms. The SMILES string of the molecule is CCOCCOc1cccc(NCC(=O)Nc2cccc(C(N)=O)c2)c1. The number of anilines is 2. The molecule has 0 heterocycles. The molecule has 0 aliphatic heterocycles. The molecule has 0 aromatic heterocycles. The van der Waals surface area contributed by atoms with Gasteiger partial charge in [0.25, 0.3) is 0 Å². The van der Waals surface area contributed by atoms with Crippen LogP contribution >= 0.6 is 0 Å². The van der Waals surface area contributed by atoms with Crippen LogP contribution in [0.25, 0.3) is 0 Å². The summed E-state index contributed by atoms with van der Waals surface area (Å²) in [5.41, 5.74) is 6.85. The Morgan fingerprint density at radius 2 is 1.81 bits per heavy atom. The first kappa shape index (κ1) is 19.3. The molecule has 2 aromatic rings. The van der Waals surface area contributed by atoms with Gasteiger partial charge >= 0.3 is 0 Å². The summed E-state index contributed by atoms with van der Waals surface area (Å²) in [5.74, 6) is -0.0843. The van der Waals surface area contributed by atoms with E-state index < -0.39 is 5.91 Å². The third kappa shape index (κ3) is 6.45. The molecule has 0 bridgehead atoms. The Morgan fingerprint density at radius 3 is 2.58 bits per heavy atom. The minimum atomic E-state index is -0.541. The molecule has 0 radical (unpaired) electrons. The van der Waals surface area contributed by atoms with Crippen LogP contribution in [0, 0.1) is 0 Å². The van der Waals surface area contributed by atoms with Gasteiger partial charge in [-0.3, -0.25) is 9.59 Å². The number of carbonyl (C=O) groups is 2. The van der Waals surface area contributed by atoms with E-state index in [1.54, 1.807) is 18.2 Å². The second-order valence-electron chi connectivity index (χ2n) is 5.42. The molecule has 4 N–H and O–H groups in total. The van der Waals surface area contributed by atoms with Gasteiger partial charge in [-0.2, -0.15) is 0 Å². The van der Waals surface area contributed by atoms with Crippen LogP contribution in [0.4, 0.5) is 11.4 Å². The second-order valence-corrected chi connectivity index (χ2v) is 5.42. The van der Waals surface area contributed by atoms with Crippen LogP contribution in [-0.4, -0.2) is 38.2 Å². The quantitative estimate of drug-likeness (QED) is 0.566. The number of ether oxygens (including phenoxy) is 2. The van der Waals surface area contributed by atoms with Crippen molar-refractivity contribution in [3.05, 3.63) is 54.1 Å². The van der Waals surface area contributed by atoms with E-state index in [9.17, 15) is 9.59 Å². The van der Waals surface area contributed by atoms with Crippen LogP contribution < -0.4 is 21.1 Å². The second kappa shape index (κ2) is 10.0. The van der Waals surface area contributed by atoms with Crippen molar-refractivity contribution in [2.45, 2.75) is 6.92 Å². The van der Waals surface area contributed by atoms with Crippen LogP contribution in [0.3, 0.4) is 0 Å². The first-order chi connectivity index (χ1) is 12.6. The maximum absolute atomic E-state index is 12.1. The molecule has 0 unspecified atom stereocenters. The molecule has 0 saturated carbocycles. The van der Waals surface area contributed by atoms with Gasteiger partial charge in [0.2, 0.25) is 11.8 Å². The molecular weight excluding hydrogens is 334 g/mol. The van der Waals surface area contributed by atoms with Gasteiger partial charge in [0.1, 0.15) is 12.4 Å². The highest BCUT2D eigenvalue weighted by Gasteiger charge is 2.06. The van der Waals surface area contributed by atoms with Gasteiger partial charge < -0.3 is 25.8 Å². The van der Waals surface area contributed by atoms with Gasteiger partial charge in [0.15, 0.2) is 0 Å². The third-order valence-corrected chi connectivity index (χ3v) is 3.42. The van der Waals surface area contributed by atoms with Crippen LogP contribution in [0.2, 0.25) is 0 Å². The minimum absolute atomic E-state index is 0.0726. The summed E-state index contributed by atoms with van der Waals surface area (Å²) in [5, 5.41) is 5.74.